The molecule has 0 bridgehead atoms. The third-order valence-corrected chi connectivity index (χ3v) is 2.09. The van der Waals surface area contributed by atoms with Crippen LogP contribution in [0.25, 0.3) is 0 Å². The zero-order chi connectivity index (χ0) is 9.30. The van der Waals surface area contributed by atoms with Crippen LogP contribution >= 0.6 is 0 Å². The van der Waals surface area contributed by atoms with E-state index in [9.17, 15) is 4.79 Å². The number of nitrogens with zero attached hydrogens (tertiary/aromatic N) is 2. The molecule has 1 rings (SSSR count). The third kappa shape index (κ3) is 2.03. The summed E-state index contributed by atoms with van der Waals surface area (Å²) in [6.07, 6.45) is 0. The number of nitriles is 1. The van der Waals surface area contributed by atoms with E-state index in [2.05, 4.69) is 0 Å². The van der Waals surface area contributed by atoms with Crippen molar-refractivity contribution in [3.05, 3.63) is 33.2 Å². The Bertz CT molecular complexity index is 415. The molecule has 0 spiro atoms. The molecule has 1 radical (unpaired) electrons. The Morgan fingerprint density at radius 2 is 2.00 bits per heavy atom. The first kappa shape index (κ1) is 12.0. The van der Waals surface area contributed by atoms with E-state index in [0.717, 1.165) is 11.3 Å². The van der Waals surface area contributed by atoms with Crippen molar-refractivity contribution < 1.29 is 18.6 Å². The Morgan fingerprint density at radius 3 is 2.46 bits per heavy atom. The van der Waals surface area contributed by atoms with Gasteiger partial charge in [-0.15, -0.1) is 0 Å². The summed E-state index contributed by atoms with van der Waals surface area (Å²) < 4.78 is 1.49. The quantitative estimate of drug-likeness (QED) is 0.641. The topological polar surface area (TPSA) is 45.8 Å². The van der Waals surface area contributed by atoms with Crippen molar-refractivity contribution in [1.82, 2.24) is 4.57 Å². The smallest absolute Gasteiger partial charge is 0.268 e. The predicted octanol–water partition coefficient (Wildman–Crippen LogP) is 0.871. The van der Waals surface area contributed by atoms with Gasteiger partial charge in [0, 0.05) is 31.3 Å². The third-order valence-electron chi connectivity index (χ3n) is 2.09. The van der Waals surface area contributed by atoms with Gasteiger partial charge in [0.1, 0.15) is 11.6 Å². The largest absolute Gasteiger partial charge is 0.315 e. The number of aryl methyl sites for hydroxylation is 1. The van der Waals surface area contributed by atoms with Crippen LogP contribution in [0.5, 0.6) is 0 Å². The molecule has 0 aliphatic rings. The van der Waals surface area contributed by atoms with Gasteiger partial charge in [0.2, 0.25) is 0 Å². The maximum absolute atomic E-state index is 11.3. The molecule has 13 heavy (non-hydrogen) atoms. The first-order chi connectivity index (χ1) is 5.57. The fourth-order valence-corrected chi connectivity index (χ4v) is 1.06. The summed E-state index contributed by atoms with van der Waals surface area (Å²) in [6.45, 7) is 3.74. The number of aromatic nitrogens is 1. The molecule has 0 amide bonds. The van der Waals surface area contributed by atoms with Crippen molar-refractivity contribution in [1.29, 1.82) is 5.26 Å². The van der Waals surface area contributed by atoms with Gasteiger partial charge in [-0.2, -0.15) is 5.26 Å². The molecule has 1 aromatic heterocycles. The molecule has 0 aliphatic heterocycles. The van der Waals surface area contributed by atoms with Gasteiger partial charge >= 0.3 is 0 Å². The Kier molecular flexibility index (Phi) is 3.99. The zero-order valence-corrected chi connectivity index (χ0v) is 9.22. The maximum Gasteiger partial charge on any atom is 0.268 e. The molecular weight excluding hydrogens is 203 g/mol. The summed E-state index contributed by atoms with van der Waals surface area (Å²) in [5, 5.41) is 8.59. The molecule has 0 saturated carbocycles. The molecule has 0 N–H and O–H groups in total. The molecule has 0 unspecified atom stereocenters. The molecule has 67 valence electrons. The minimum atomic E-state index is -0.222. The monoisotopic (exact) mass is 213 g/mol. The first-order valence-electron chi connectivity index (χ1n) is 3.65. The molecule has 0 aromatic carbocycles. The fraction of sp³-hybridized carbons (Fsp3) is 0.333. The Hall–Kier alpha value is -0.976. The van der Waals surface area contributed by atoms with Crippen LogP contribution in [0.15, 0.2) is 10.9 Å². The van der Waals surface area contributed by atoms with E-state index in [-0.39, 0.29) is 29.7 Å². The van der Waals surface area contributed by atoms with Gasteiger partial charge in [-0.05, 0) is 25.5 Å². The SMILES string of the molecule is Cc1cc(C#N)c(=O)n(C)c1C.[V]. The summed E-state index contributed by atoms with van der Waals surface area (Å²) in [4.78, 5) is 11.3. The van der Waals surface area contributed by atoms with E-state index < -0.39 is 0 Å². The van der Waals surface area contributed by atoms with Crippen LogP contribution in [-0.4, -0.2) is 4.57 Å². The fourth-order valence-electron chi connectivity index (χ4n) is 1.06. The van der Waals surface area contributed by atoms with E-state index in [4.69, 9.17) is 5.26 Å². The average molecular weight is 213 g/mol. The number of pyridine rings is 1. The average Bonchev–Trinajstić information content (AvgIpc) is 2.08. The van der Waals surface area contributed by atoms with Crippen LogP contribution in [-0.2, 0) is 25.6 Å². The van der Waals surface area contributed by atoms with Crippen LogP contribution in [0.2, 0.25) is 0 Å². The Labute approximate surface area is 88.9 Å². The van der Waals surface area contributed by atoms with Gasteiger partial charge in [-0.25, -0.2) is 0 Å². The van der Waals surface area contributed by atoms with Gasteiger partial charge < -0.3 is 4.57 Å². The van der Waals surface area contributed by atoms with Crippen LogP contribution < -0.4 is 5.56 Å². The van der Waals surface area contributed by atoms with Gasteiger partial charge in [0.15, 0.2) is 0 Å². The minimum Gasteiger partial charge on any atom is -0.315 e. The van der Waals surface area contributed by atoms with Crippen molar-refractivity contribution in [2.75, 3.05) is 0 Å². The van der Waals surface area contributed by atoms with Gasteiger partial charge in [0.25, 0.3) is 5.56 Å². The summed E-state index contributed by atoms with van der Waals surface area (Å²) in [7, 11) is 1.67. The van der Waals surface area contributed by atoms with Gasteiger partial charge in [0.05, 0.1) is 0 Å². The van der Waals surface area contributed by atoms with Crippen molar-refractivity contribution in [2.24, 2.45) is 7.05 Å². The van der Waals surface area contributed by atoms with Gasteiger partial charge in [-0.3, -0.25) is 4.79 Å². The van der Waals surface area contributed by atoms with E-state index >= 15 is 0 Å². The van der Waals surface area contributed by atoms with Crippen molar-refractivity contribution >= 4 is 0 Å². The van der Waals surface area contributed by atoms with E-state index in [0.29, 0.717) is 0 Å². The Morgan fingerprint density at radius 1 is 1.46 bits per heavy atom. The summed E-state index contributed by atoms with van der Waals surface area (Å²) in [5.41, 5.74) is 1.86. The number of hydrogen-bond acceptors (Lipinski definition) is 2. The van der Waals surface area contributed by atoms with Crippen molar-refractivity contribution in [3.8, 4) is 6.07 Å². The van der Waals surface area contributed by atoms with Gasteiger partial charge in [-0.1, -0.05) is 0 Å². The molecule has 0 atom stereocenters. The molecule has 0 fully saturated rings. The van der Waals surface area contributed by atoms with E-state index in [1.807, 2.05) is 19.9 Å². The van der Waals surface area contributed by atoms with Crippen molar-refractivity contribution in [3.63, 3.8) is 0 Å². The van der Waals surface area contributed by atoms with Crippen LogP contribution in [0, 0.1) is 25.2 Å². The molecule has 0 aliphatic carbocycles. The van der Waals surface area contributed by atoms with Crippen LogP contribution in [0.3, 0.4) is 0 Å². The van der Waals surface area contributed by atoms with Crippen molar-refractivity contribution in [2.45, 2.75) is 13.8 Å². The number of rotatable bonds is 0. The predicted molar refractivity (Wildman–Crippen MR) is 45.9 cm³/mol. The second kappa shape index (κ2) is 4.31. The van der Waals surface area contributed by atoms with Crippen LogP contribution in [0.1, 0.15) is 16.8 Å². The summed E-state index contributed by atoms with van der Waals surface area (Å²) in [5.74, 6) is 0. The van der Waals surface area contributed by atoms with E-state index in [1.165, 1.54) is 4.57 Å². The summed E-state index contributed by atoms with van der Waals surface area (Å²) >= 11 is 0. The molecule has 0 saturated heterocycles. The normalized spacial score (nSPS) is 8.77. The second-order valence-corrected chi connectivity index (χ2v) is 2.80. The zero-order valence-electron chi connectivity index (χ0n) is 7.83. The summed E-state index contributed by atoms with van der Waals surface area (Å²) in [6, 6.07) is 3.49. The standard InChI is InChI=1S/C9H10N2O.V/c1-6-4-8(5-10)9(12)11(3)7(6)2;/h4H,1-3H3;. The first-order valence-corrected chi connectivity index (χ1v) is 3.65. The molecule has 4 heteroatoms. The van der Waals surface area contributed by atoms with Crippen LogP contribution in [0.4, 0.5) is 0 Å². The second-order valence-electron chi connectivity index (χ2n) is 2.80. The molecular formula is C9H10N2OV. The minimum absolute atomic E-state index is 0. The Balaban J connectivity index is 0.00000144. The molecule has 1 heterocycles. The molecule has 3 nitrogen and oxygen atoms in total. The maximum atomic E-state index is 11.3. The van der Waals surface area contributed by atoms with E-state index in [1.54, 1.807) is 13.1 Å². The molecule has 1 aromatic rings. The number of hydrogen-bond donors (Lipinski definition) is 0.